The number of rotatable bonds is 4. The summed E-state index contributed by atoms with van der Waals surface area (Å²) in [6.45, 7) is 2.33. The molecular formula is C14H21Br2NS. The number of nitrogens with one attached hydrogen (secondary N) is 1. The zero-order valence-corrected chi connectivity index (χ0v) is 15.0. The fourth-order valence-electron chi connectivity index (χ4n) is 3.13. The second kappa shape index (κ2) is 6.87. The molecule has 0 bridgehead atoms. The minimum Gasteiger partial charge on any atom is -0.312 e. The van der Waals surface area contributed by atoms with E-state index in [4.69, 9.17) is 0 Å². The van der Waals surface area contributed by atoms with Crippen molar-refractivity contribution in [3.05, 3.63) is 19.2 Å². The zero-order valence-electron chi connectivity index (χ0n) is 11.0. The monoisotopic (exact) mass is 393 g/mol. The summed E-state index contributed by atoms with van der Waals surface area (Å²) >= 11 is 9.06. The van der Waals surface area contributed by atoms with Gasteiger partial charge in [-0.1, -0.05) is 26.2 Å². The lowest BCUT2D eigenvalue weighted by atomic mass is 9.76. The van der Waals surface area contributed by atoms with Crippen molar-refractivity contribution in [3.8, 4) is 0 Å². The van der Waals surface area contributed by atoms with E-state index >= 15 is 0 Å². The van der Waals surface area contributed by atoms with Crippen molar-refractivity contribution < 1.29 is 0 Å². The predicted molar refractivity (Wildman–Crippen MR) is 87.3 cm³/mol. The molecule has 4 heteroatoms. The van der Waals surface area contributed by atoms with E-state index in [9.17, 15) is 0 Å². The van der Waals surface area contributed by atoms with Crippen LogP contribution in [-0.4, -0.2) is 7.05 Å². The van der Waals surface area contributed by atoms with E-state index < -0.39 is 0 Å². The summed E-state index contributed by atoms with van der Waals surface area (Å²) < 4.78 is 2.39. The zero-order chi connectivity index (χ0) is 13.1. The van der Waals surface area contributed by atoms with Crippen LogP contribution in [0, 0.1) is 11.8 Å². The molecule has 0 saturated heterocycles. The lowest BCUT2D eigenvalue weighted by molar-refractivity contribution is 0.216. The van der Waals surface area contributed by atoms with Crippen molar-refractivity contribution in [2.24, 2.45) is 11.8 Å². The Kier molecular flexibility index (Phi) is 5.73. The molecular weight excluding hydrogens is 374 g/mol. The van der Waals surface area contributed by atoms with Crippen molar-refractivity contribution in [2.75, 3.05) is 7.05 Å². The highest BCUT2D eigenvalue weighted by atomic mass is 79.9. The summed E-state index contributed by atoms with van der Waals surface area (Å²) in [6.07, 6.45) is 6.92. The molecule has 0 spiro atoms. The molecule has 1 aliphatic carbocycles. The first kappa shape index (κ1) is 15.0. The van der Waals surface area contributed by atoms with Crippen LogP contribution in [0.2, 0.25) is 0 Å². The lowest BCUT2D eigenvalue weighted by Crippen LogP contribution is -2.28. The summed E-state index contributed by atoms with van der Waals surface area (Å²) in [5, 5.41) is 3.54. The van der Waals surface area contributed by atoms with Crippen LogP contribution in [0.1, 0.15) is 49.9 Å². The normalized spacial score (nSPS) is 26.2. The molecule has 1 N–H and O–H groups in total. The first-order valence-electron chi connectivity index (χ1n) is 6.77. The summed E-state index contributed by atoms with van der Waals surface area (Å²) in [4.78, 5) is 1.46. The first-order chi connectivity index (χ1) is 8.65. The van der Waals surface area contributed by atoms with Gasteiger partial charge in [-0.25, -0.2) is 0 Å². The van der Waals surface area contributed by atoms with Gasteiger partial charge < -0.3 is 5.32 Å². The third-order valence-electron chi connectivity index (χ3n) is 4.15. The van der Waals surface area contributed by atoms with E-state index in [1.54, 1.807) is 0 Å². The molecule has 1 heterocycles. The molecule has 0 amide bonds. The van der Waals surface area contributed by atoms with Gasteiger partial charge in [0.05, 0.1) is 3.79 Å². The molecule has 3 unspecified atom stereocenters. The molecule has 1 aromatic heterocycles. The van der Waals surface area contributed by atoms with E-state index in [0.717, 1.165) is 11.8 Å². The van der Waals surface area contributed by atoms with Gasteiger partial charge in [-0.3, -0.25) is 0 Å². The molecule has 1 aliphatic rings. The quantitative estimate of drug-likeness (QED) is 0.685. The van der Waals surface area contributed by atoms with E-state index in [1.165, 1.54) is 45.2 Å². The van der Waals surface area contributed by atoms with Crippen LogP contribution in [0.5, 0.6) is 0 Å². The van der Waals surface area contributed by atoms with Crippen molar-refractivity contribution in [3.63, 3.8) is 0 Å². The lowest BCUT2D eigenvalue weighted by Gasteiger charge is -2.33. The number of halogens is 2. The summed E-state index contributed by atoms with van der Waals surface area (Å²) in [5.74, 6) is 1.73. The predicted octanol–water partition coefficient (Wildman–Crippen LogP) is 5.75. The SMILES string of the molecule is CCC1CCCC(C(NC)c2cc(Br)c(Br)s2)C1. The highest BCUT2D eigenvalue weighted by Gasteiger charge is 2.29. The summed E-state index contributed by atoms with van der Waals surface area (Å²) in [6, 6.07) is 2.79. The van der Waals surface area contributed by atoms with Crippen molar-refractivity contribution in [2.45, 2.75) is 45.1 Å². The van der Waals surface area contributed by atoms with Crippen LogP contribution >= 0.6 is 43.2 Å². The van der Waals surface area contributed by atoms with Gasteiger partial charge in [0.1, 0.15) is 0 Å². The first-order valence-corrected chi connectivity index (χ1v) is 9.18. The molecule has 102 valence electrons. The van der Waals surface area contributed by atoms with Crippen LogP contribution in [0.3, 0.4) is 0 Å². The van der Waals surface area contributed by atoms with Gasteiger partial charge in [0, 0.05) is 15.4 Å². The third-order valence-corrected chi connectivity index (χ3v) is 7.49. The van der Waals surface area contributed by atoms with Gasteiger partial charge in [-0.2, -0.15) is 0 Å². The maximum absolute atomic E-state index is 3.61. The average Bonchev–Trinajstić information content (AvgIpc) is 2.70. The molecule has 2 rings (SSSR count). The van der Waals surface area contributed by atoms with Gasteiger partial charge >= 0.3 is 0 Å². The molecule has 1 saturated carbocycles. The molecule has 0 radical (unpaired) electrons. The van der Waals surface area contributed by atoms with Gasteiger partial charge in [-0.15, -0.1) is 11.3 Å². The minimum atomic E-state index is 0.520. The Balaban J connectivity index is 2.12. The van der Waals surface area contributed by atoms with Crippen LogP contribution in [0.15, 0.2) is 14.3 Å². The summed E-state index contributed by atoms with van der Waals surface area (Å²) in [5.41, 5.74) is 0. The fraction of sp³-hybridized carbons (Fsp3) is 0.714. The van der Waals surface area contributed by atoms with Gasteiger partial charge in [0.2, 0.25) is 0 Å². The summed E-state index contributed by atoms with van der Waals surface area (Å²) in [7, 11) is 2.10. The van der Waals surface area contributed by atoms with Crippen molar-refractivity contribution in [1.29, 1.82) is 0 Å². The molecule has 1 fully saturated rings. The van der Waals surface area contributed by atoms with Crippen molar-refractivity contribution in [1.82, 2.24) is 5.32 Å². The Hall–Kier alpha value is 0.620. The number of hydrogen-bond donors (Lipinski definition) is 1. The van der Waals surface area contributed by atoms with E-state index in [1.807, 2.05) is 11.3 Å². The maximum atomic E-state index is 3.61. The molecule has 3 atom stereocenters. The Morgan fingerprint density at radius 3 is 2.78 bits per heavy atom. The van der Waals surface area contributed by atoms with E-state index in [2.05, 4.69) is 57.2 Å². The Bertz CT molecular complexity index is 372. The highest BCUT2D eigenvalue weighted by Crippen LogP contribution is 2.43. The topological polar surface area (TPSA) is 12.0 Å². The second-order valence-corrected chi connectivity index (χ2v) is 8.49. The van der Waals surface area contributed by atoms with E-state index in [-0.39, 0.29) is 0 Å². The maximum Gasteiger partial charge on any atom is 0.0843 e. The number of thiophene rings is 1. The Morgan fingerprint density at radius 2 is 2.22 bits per heavy atom. The fourth-order valence-corrected chi connectivity index (χ4v) is 5.43. The molecule has 1 aromatic rings. The van der Waals surface area contributed by atoms with Gasteiger partial charge in [0.15, 0.2) is 0 Å². The molecule has 0 aromatic carbocycles. The van der Waals surface area contributed by atoms with Gasteiger partial charge in [0.25, 0.3) is 0 Å². The highest BCUT2D eigenvalue weighted by molar-refractivity contribution is 9.13. The molecule has 18 heavy (non-hydrogen) atoms. The number of hydrogen-bond acceptors (Lipinski definition) is 2. The largest absolute Gasteiger partial charge is 0.312 e. The molecule has 1 nitrogen and oxygen atoms in total. The standard InChI is InChI=1S/C14H21Br2NS/c1-3-9-5-4-6-10(7-9)13(17-2)12-8-11(15)14(16)18-12/h8-10,13,17H,3-7H2,1-2H3. The van der Waals surface area contributed by atoms with Crippen molar-refractivity contribution >= 4 is 43.2 Å². The Labute approximate surface area is 131 Å². The van der Waals surface area contributed by atoms with Crippen LogP contribution in [0.4, 0.5) is 0 Å². The smallest absolute Gasteiger partial charge is 0.0843 e. The van der Waals surface area contributed by atoms with Crippen LogP contribution in [0.25, 0.3) is 0 Å². The van der Waals surface area contributed by atoms with Gasteiger partial charge in [-0.05, 0) is 69.7 Å². The van der Waals surface area contributed by atoms with Crippen LogP contribution in [-0.2, 0) is 0 Å². The second-order valence-electron chi connectivity index (χ2n) is 5.24. The average molecular weight is 395 g/mol. The molecule has 0 aliphatic heterocycles. The van der Waals surface area contributed by atoms with E-state index in [0.29, 0.717) is 6.04 Å². The van der Waals surface area contributed by atoms with Crippen LogP contribution < -0.4 is 5.32 Å². The Morgan fingerprint density at radius 1 is 1.44 bits per heavy atom. The minimum absolute atomic E-state index is 0.520. The third kappa shape index (κ3) is 3.38.